The Morgan fingerprint density at radius 2 is 0.794 bits per heavy atom. The molecule has 3 aromatic carbocycles. The molecule has 3 aromatic rings. The molecule has 0 saturated heterocycles. The highest BCUT2D eigenvalue weighted by Gasteiger charge is 2.38. The van der Waals surface area contributed by atoms with E-state index < -0.39 is 0 Å². The molecule has 0 radical (unpaired) electrons. The maximum absolute atomic E-state index is 3.47. The summed E-state index contributed by atoms with van der Waals surface area (Å²) < 4.78 is 0. The maximum Gasteiger partial charge on any atom is 0.0255 e. The van der Waals surface area contributed by atoms with Gasteiger partial charge in [0.15, 0.2) is 0 Å². The number of benzene rings is 3. The zero-order chi connectivity index (χ0) is 22.2. The van der Waals surface area contributed by atoms with Crippen LogP contribution in [0, 0.1) is 35.5 Å². The van der Waals surface area contributed by atoms with E-state index >= 15 is 0 Å². The van der Waals surface area contributed by atoms with Gasteiger partial charge in [0.05, 0.1) is 0 Å². The van der Waals surface area contributed by atoms with Gasteiger partial charge in [-0.3, -0.25) is 0 Å². The number of hydrogen-bond donors (Lipinski definition) is 0. The lowest BCUT2D eigenvalue weighted by atomic mass is 9.83. The molecule has 8 rings (SSSR count). The molecule has 5 aliphatic rings. The van der Waals surface area contributed by atoms with Gasteiger partial charge in [-0.25, -0.2) is 0 Å². The van der Waals surface area contributed by atoms with Crippen LogP contribution in [0.5, 0.6) is 0 Å². The Labute approximate surface area is 201 Å². The SMILES string of the molecule is C1#Cc2cccc(c2)C2=C(c3cccc(c3)C3=C(c4cccc1c4)C1C=CC3C1)C1C=CC2C1. The molecule has 0 fully saturated rings. The highest BCUT2D eigenvalue weighted by Crippen LogP contribution is 2.55. The molecule has 0 heterocycles. The molecule has 4 atom stereocenters. The zero-order valence-corrected chi connectivity index (χ0v) is 19.0. The molecule has 0 saturated carbocycles. The fourth-order valence-electron chi connectivity index (χ4n) is 7.06. The number of allylic oxidation sites excluding steroid dienone is 8. The quantitative estimate of drug-likeness (QED) is 0.253. The lowest BCUT2D eigenvalue weighted by Gasteiger charge is -2.21. The third-order valence-corrected chi connectivity index (χ3v) is 8.41. The Balaban J connectivity index is 1.44. The Bertz CT molecular complexity index is 1460. The van der Waals surface area contributed by atoms with E-state index in [1.54, 1.807) is 0 Å². The Hall–Kier alpha value is -3.82. The van der Waals surface area contributed by atoms with E-state index in [1.807, 2.05) is 0 Å². The van der Waals surface area contributed by atoms with Gasteiger partial charge in [-0.15, -0.1) is 0 Å². The van der Waals surface area contributed by atoms with Gasteiger partial charge in [-0.1, -0.05) is 78.6 Å². The molecular formula is C34H24. The van der Waals surface area contributed by atoms with E-state index in [2.05, 4.69) is 109 Å². The summed E-state index contributed by atoms with van der Waals surface area (Å²) in [5.41, 5.74) is 13.7. The van der Waals surface area contributed by atoms with Crippen molar-refractivity contribution in [1.82, 2.24) is 0 Å². The predicted octanol–water partition coefficient (Wildman–Crippen LogP) is 7.63. The van der Waals surface area contributed by atoms with Crippen molar-refractivity contribution in [3.63, 3.8) is 0 Å². The van der Waals surface area contributed by atoms with Crippen LogP contribution in [0.1, 0.15) is 46.2 Å². The van der Waals surface area contributed by atoms with Gasteiger partial charge in [0, 0.05) is 34.8 Å². The van der Waals surface area contributed by atoms with Crippen molar-refractivity contribution in [3.05, 3.63) is 130 Å². The second-order valence-electron chi connectivity index (χ2n) is 10.3. The molecule has 0 amide bonds. The zero-order valence-electron chi connectivity index (χ0n) is 19.0. The Morgan fingerprint density at radius 3 is 1.21 bits per heavy atom. The van der Waals surface area contributed by atoms with Crippen LogP contribution in [0.2, 0.25) is 0 Å². The lowest BCUT2D eigenvalue weighted by molar-refractivity contribution is 0.745. The predicted molar refractivity (Wildman–Crippen MR) is 140 cm³/mol. The van der Waals surface area contributed by atoms with Crippen LogP contribution in [0.3, 0.4) is 0 Å². The van der Waals surface area contributed by atoms with E-state index in [4.69, 9.17) is 0 Å². The van der Waals surface area contributed by atoms with Crippen LogP contribution in [0.25, 0.3) is 22.3 Å². The van der Waals surface area contributed by atoms with Crippen molar-refractivity contribution in [1.29, 1.82) is 0 Å². The van der Waals surface area contributed by atoms with Crippen LogP contribution < -0.4 is 0 Å². The third-order valence-electron chi connectivity index (χ3n) is 8.41. The summed E-state index contributed by atoms with van der Waals surface area (Å²) in [5, 5.41) is 0. The molecule has 34 heavy (non-hydrogen) atoms. The van der Waals surface area contributed by atoms with Crippen molar-refractivity contribution in [2.45, 2.75) is 12.8 Å². The Kier molecular flexibility index (Phi) is 3.74. The minimum atomic E-state index is 0.512. The molecule has 4 unspecified atom stereocenters. The van der Waals surface area contributed by atoms with Gasteiger partial charge in [0.2, 0.25) is 0 Å². The lowest BCUT2D eigenvalue weighted by Crippen LogP contribution is -2.02. The topological polar surface area (TPSA) is 0 Å². The van der Waals surface area contributed by atoms with E-state index in [1.165, 1.54) is 57.4 Å². The first-order valence-corrected chi connectivity index (χ1v) is 12.5. The second kappa shape index (κ2) is 6.85. The molecule has 5 aliphatic carbocycles. The van der Waals surface area contributed by atoms with Crippen LogP contribution in [-0.4, -0.2) is 0 Å². The first-order chi connectivity index (χ1) is 16.8. The number of rotatable bonds is 0. The van der Waals surface area contributed by atoms with Gasteiger partial charge in [-0.05, 0) is 87.7 Å². The van der Waals surface area contributed by atoms with E-state index in [-0.39, 0.29) is 0 Å². The molecule has 0 spiro atoms. The summed E-state index contributed by atoms with van der Waals surface area (Å²) in [7, 11) is 0. The Morgan fingerprint density at radius 1 is 0.441 bits per heavy atom. The van der Waals surface area contributed by atoms with Gasteiger partial charge in [0.25, 0.3) is 0 Å². The first-order valence-electron chi connectivity index (χ1n) is 12.5. The second-order valence-corrected chi connectivity index (χ2v) is 10.3. The molecule has 0 N–H and O–H groups in total. The highest BCUT2D eigenvalue weighted by molar-refractivity contribution is 6.01. The molecule has 0 aliphatic heterocycles. The van der Waals surface area contributed by atoms with Crippen molar-refractivity contribution in [3.8, 4) is 11.8 Å². The summed E-state index contributed by atoms with van der Waals surface area (Å²) in [5.74, 6) is 8.99. The highest BCUT2D eigenvalue weighted by atomic mass is 14.4. The fraction of sp³-hybridized carbons (Fsp3) is 0.176. The minimum absolute atomic E-state index is 0.512. The average molecular weight is 433 g/mol. The van der Waals surface area contributed by atoms with Gasteiger partial charge in [0.1, 0.15) is 0 Å². The molecule has 0 aromatic heterocycles. The standard InChI is InChI=1S/C34H24/c1-4-21-10-11-22-5-2-7-24(17-22)32-28-13-15-30(20-28)34(32)26-9-3-8-25(18-26)33-29-14-12-27(19-29)31(33)23(6-1)16-21/h1-9,12-18,27-30H,19-20H2. The summed E-state index contributed by atoms with van der Waals surface area (Å²) in [4.78, 5) is 0. The number of hydrogen-bond acceptors (Lipinski definition) is 0. The fourth-order valence-corrected chi connectivity index (χ4v) is 7.06. The average Bonchev–Trinajstić information content (AvgIpc) is 3.68. The van der Waals surface area contributed by atoms with Gasteiger partial charge in [-0.2, -0.15) is 0 Å². The van der Waals surface area contributed by atoms with Crippen molar-refractivity contribution >= 4 is 22.3 Å². The monoisotopic (exact) mass is 432 g/mol. The smallest absolute Gasteiger partial charge is 0.0255 e. The van der Waals surface area contributed by atoms with Crippen LogP contribution in [0.15, 0.2) is 97.1 Å². The van der Waals surface area contributed by atoms with E-state index in [0.29, 0.717) is 23.7 Å². The van der Waals surface area contributed by atoms with Crippen molar-refractivity contribution < 1.29 is 0 Å². The molecular weight excluding hydrogens is 408 g/mol. The molecule has 160 valence electrons. The van der Waals surface area contributed by atoms with E-state index in [0.717, 1.165) is 11.1 Å². The summed E-state index contributed by atoms with van der Waals surface area (Å²) in [6.07, 6.45) is 12.1. The maximum atomic E-state index is 3.47. The summed E-state index contributed by atoms with van der Waals surface area (Å²) in [6.45, 7) is 0. The van der Waals surface area contributed by atoms with E-state index in [9.17, 15) is 0 Å². The molecule has 0 nitrogen and oxygen atoms in total. The van der Waals surface area contributed by atoms with Crippen molar-refractivity contribution in [2.75, 3.05) is 0 Å². The molecule has 0 heteroatoms. The third kappa shape index (κ3) is 2.62. The summed E-state index contributed by atoms with van der Waals surface area (Å²) >= 11 is 0. The van der Waals surface area contributed by atoms with Crippen LogP contribution in [-0.2, 0) is 0 Å². The van der Waals surface area contributed by atoms with Crippen molar-refractivity contribution in [2.24, 2.45) is 23.7 Å². The van der Waals surface area contributed by atoms with Crippen LogP contribution in [0.4, 0.5) is 0 Å². The number of fused-ring (bicyclic) bond motifs is 18. The largest absolute Gasteiger partial charge is 0.0803 e. The normalized spacial score (nSPS) is 26.7. The molecule has 10 bridgehead atoms. The summed E-state index contributed by atoms with van der Waals surface area (Å²) in [6, 6.07) is 27.2. The van der Waals surface area contributed by atoms with Crippen LogP contribution >= 0.6 is 0 Å². The van der Waals surface area contributed by atoms with Gasteiger partial charge < -0.3 is 0 Å². The van der Waals surface area contributed by atoms with Gasteiger partial charge >= 0.3 is 0 Å². The minimum Gasteiger partial charge on any atom is -0.0803 e. The first kappa shape index (κ1) is 18.6.